The summed E-state index contributed by atoms with van der Waals surface area (Å²) in [7, 11) is -1.57. The molecule has 0 aliphatic heterocycles. The monoisotopic (exact) mass is 364 g/mol. The average molecular weight is 364 g/mol. The van der Waals surface area contributed by atoms with Crippen molar-refractivity contribution in [3.8, 4) is 5.75 Å². The molecule has 0 aromatic heterocycles. The van der Waals surface area contributed by atoms with Crippen molar-refractivity contribution in [1.82, 2.24) is 5.32 Å². The molecule has 24 heavy (non-hydrogen) atoms. The maximum Gasteiger partial charge on any atom is 0.175 e. The Kier molecular flexibility index (Phi) is 5.80. The van der Waals surface area contributed by atoms with Gasteiger partial charge in [0.2, 0.25) is 0 Å². The zero-order chi connectivity index (χ0) is 17.7. The van der Waals surface area contributed by atoms with E-state index < -0.39 is 9.84 Å². The predicted octanol–water partition coefficient (Wildman–Crippen LogP) is 3.15. The standard InChI is InChI=1S/C17H20N2O3S2/c1-12(13-4-10-16(11-5-13)24(3,20)21)18-17(23)19-14-6-8-15(22-2)9-7-14/h4-12H,1-3H3,(H2,18,19,23)/t12-/m1/s1. The molecule has 0 aliphatic rings. The van der Waals surface area contributed by atoms with Crippen molar-refractivity contribution in [1.29, 1.82) is 0 Å². The molecule has 2 aromatic rings. The Hall–Kier alpha value is -2.12. The molecule has 1 atom stereocenters. The SMILES string of the molecule is COc1ccc(NC(=S)N[C@H](C)c2ccc(S(C)(=O)=O)cc2)cc1. The van der Waals surface area contributed by atoms with Gasteiger partial charge in [-0.25, -0.2) is 8.42 Å². The van der Waals surface area contributed by atoms with E-state index in [1.54, 1.807) is 31.4 Å². The number of hydrogen-bond donors (Lipinski definition) is 2. The van der Waals surface area contributed by atoms with E-state index in [0.29, 0.717) is 10.0 Å². The van der Waals surface area contributed by atoms with Crippen molar-refractivity contribution < 1.29 is 13.2 Å². The number of methoxy groups -OCH3 is 1. The minimum atomic E-state index is -3.18. The van der Waals surface area contributed by atoms with Gasteiger partial charge in [0.05, 0.1) is 18.0 Å². The van der Waals surface area contributed by atoms with Crippen molar-refractivity contribution in [3.05, 3.63) is 54.1 Å². The van der Waals surface area contributed by atoms with E-state index in [-0.39, 0.29) is 6.04 Å². The maximum atomic E-state index is 11.5. The summed E-state index contributed by atoms with van der Waals surface area (Å²) >= 11 is 5.31. The Bertz CT molecular complexity index is 801. The van der Waals surface area contributed by atoms with Crippen LogP contribution in [0.1, 0.15) is 18.5 Å². The summed E-state index contributed by atoms with van der Waals surface area (Å²) in [5, 5.41) is 6.76. The Morgan fingerprint density at radius 3 is 2.17 bits per heavy atom. The molecule has 2 N–H and O–H groups in total. The summed E-state index contributed by atoms with van der Waals surface area (Å²) in [6, 6.07) is 14.1. The maximum absolute atomic E-state index is 11.5. The Labute approximate surface area is 148 Å². The molecule has 5 nitrogen and oxygen atoms in total. The molecule has 0 amide bonds. The highest BCUT2D eigenvalue weighted by Gasteiger charge is 2.10. The molecule has 0 unspecified atom stereocenters. The molecule has 0 saturated heterocycles. The van der Waals surface area contributed by atoms with Gasteiger partial charge < -0.3 is 15.4 Å². The lowest BCUT2D eigenvalue weighted by Gasteiger charge is -2.18. The molecule has 128 valence electrons. The molecule has 2 aromatic carbocycles. The number of anilines is 1. The topological polar surface area (TPSA) is 67.4 Å². The highest BCUT2D eigenvalue weighted by molar-refractivity contribution is 7.90. The van der Waals surface area contributed by atoms with Gasteiger partial charge in [-0.2, -0.15) is 0 Å². The Balaban J connectivity index is 1.97. The largest absolute Gasteiger partial charge is 0.497 e. The van der Waals surface area contributed by atoms with Crippen LogP contribution in [0.15, 0.2) is 53.4 Å². The fourth-order valence-corrected chi connectivity index (χ4v) is 3.05. The van der Waals surface area contributed by atoms with Crippen LogP contribution in [0.25, 0.3) is 0 Å². The summed E-state index contributed by atoms with van der Waals surface area (Å²) < 4.78 is 28.1. The quantitative estimate of drug-likeness (QED) is 0.795. The van der Waals surface area contributed by atoms with Crippen molar-refractivity contribution in [2.45, 2.75) is 17.9 Å². The van der Waals surface area contributed by atoms with E-state index >= 15 is 0 Å². The lowest BCUT2D eigenvalue weighted by atomic mass is 10.1. The zero-order valence-corrected chi connectivity index (χ0v) is 15.4. The number of ether oxygens (including phenoxy) is 1. The lowest BCUT2D eigenvalue weighted by molar-refractivity contribution is 0.415. The minimum Gasteiger partial charge on any atom is -0.497 e. The fourth-order valence-electron chi connectivity index (χ4n) is 2.13. The first-order chi connectivity index (χ1) is 11.3. The second-order valence-electron chi connectivity index (χ2n) is 5.39. The summed E-state index contributed by atoms with van der Waals surface area (Å²) in [4.78, 5) is 0.303. The first-order valence-corrected chi connectivity index (χ1v) is 9.61. The Morgan fingerprint density at radius 2 is 1.67 bits per heavy atom. The number of benzene rings is 2. The smallest absolute Gasteiger partial charge is 0.175 e. The van der Waals surface area contributed by atoms with E-state index in [0.717, 1.165) is 17.0 Å². The first kappa shape index (κ1) is 18.2. The van der Waals surface area contributed by atoms with Gasteiger partial charge in [0.15, 0.2) is 14.9 Å². The fraction of sp³-hybridized carbons (Fsp3) is 0.235. The van der Waals surface area contributed by atoms with E-state index in [1.165, 1.54) is 6.26 Å². The third-order valence-corrected chi connectivity index (χ3v) is 4.85. The van der Waals surface area contributed by atoms with Crippen molar-refractivity contribution in [2.75, 3.05) is 18.7 Å². The minimum absolute atomic E-state index is 0.0585. The molecule has 7 heteroatoms. The van der Waals surface area contributed by atoms with Crippen molar-refractivity contribution in [2.24, 2.45) is 0 Å². The number of sulfone groups is 1. The second-order valence-corrected chi connectivity index (χ2v) is 7.81. The first-order valence-electron chi connectivity index (χ1n) is 7.31. The number of thiocarbonyl (C=S) groups is 1. The van der Waals surface area contributed by atoms with E-state index in [4.69, 9.17) is 17.0 Å². The number of hydrogen-bond acceptors (Lipinski definition) is 4. The summed E-state index contributed by atoms with van der Waals surface area (Å²) in [5.74, 6) is 0.777. The highest BCUT2D eigenvalue weighted by atomic mass is 32.2. The molecule has 0 spiro atoms. The molecule has 0 saturated carbocycles. The summed E-state index contributed by atoms with van der Waals surface area (Å²) in [5.41, 5.74) is 1.80. The van der Waals surface area contributed by atoms with Crippen LogP contribution in [-0.2, 0) is 9.84 Å². The Morgan fingerprint density at radius 1 is 1.08 bits per heavy atom. The van der Waals surface area contributed by atoms with Gasteiger partial charge in [-0.3, -0.25) is 0 Å². The number of nitrogens with one attached hydrogen (secondary N) is 2. The second kappa shape index (κ2) is 7.63. The molecule has 2 rings (SSSR count). The van der Waals surface area contributed by atoms with Crippen LogP contribution in [0.3, 0.4) is 0 Å². The molecule has 0 fully saturated rings. The van der Waals surface area contributed by atoms with E-state index in [1.807, 2.05) is 31.2 Å². The van der Waals surface area contributed by atoms with Gasteiger partial charge in [-0.15, -0.1) is 0 Å². The lowest BCUT2D eigenvalue weighted by Crippen LogP contribution is -2.30. The van der Waals surface area contributed by atoms with Crippen molar-refractivity contribution >= 4 is 32.9 Å². The zero-order valence-electron chi connectivity index (χ0n) is 13.7. The van der Waals surface area contributed by atoms with Gasteiger partial charge in [0, 0.05) is 11.9 Å². The highest BCUT2D eigenvalue weighted by Crippen LogP contribution is 2.18. The van der Waals surface area contributed by atoms with Gasteiger partial charge >= 0.3 is 0 Å². The van der Waals surface area contributed by atoms with Gasteiger partial charge in [-0.05, 0) is 61.1 Å². The van der Waals surface area contributed by atoms with Crippen LogP contribution in [0.5, 0.6) is 5.75 Å². The van der Waals surface area contributed by atoms with E-state index in [9.17, 15) is 8.42 Å². The number of rotatable bonds is 5. The molecule has 0 radical (unpaired) electrons. The van der Waals surface area contributed by atoms with Crippen LogP contribution in [0.2, 0.25) is 0 Å². The van der Waals surface area contributed by atoms with Gasteiger partial charge in [-0.1, -0.05) is 12.1 Å². The van der Waals surface area contributed by atoms with Gasteiger partial charge in [0.25, 0.3) is 0 Å². The van der Waals surface area contributed by atoms with Crippen LogP contribution < -0.4 is 15.4 Å². The van der Waals surface area contributed by atoms with Crippen LogP contribution in [0, 0.1) is 0 Å². The average Bonchev–Trinajstić information content (AvgIpc) is 2.54. The molecule has 0 heterocycles. The summed E-state index contributed by atoms with van der Waals surface area (Å²) in [6.45, 7) is 1.96. The van der Waals surface area contributed by atoms with Crippen molar-refractivity contribution in [3.63, 3.8) is 0 Å². The third kappa shape index (κ3) is 4.94. The third-order valence-electron chi connectivity index (χ3n) is 3.50. The molecule has 0 aliphatic carbocycles. The van der Waals surface area contributed by atoms with E-state index in [2.05, 4.69) is 10.6 Å². The van der Waals surface area contributed by atoms with Crippen LogP contribution >= 0.6 is 12.2 Å². The van der Waals surface area contributed by atoms with Crippen LogP contribution in [0.4, 0.5) is 5.69 Å². The van der Waals surface area contributed by atoms with Crippen LogP contribution in [-0.4, -0.2) is 26.9 Å². The van der Waals surface area contributed by atoms with Gasteiger partial charge in [0.1, 0.15) is 5.75 Å². The summed E-state index contributed by atoms with van der Waals surface area (Å²) in [6.07, 6.45) is 1.19. The molecular formula is C17H20N2O3S2. The predicted molar refractivity (Wildman–Crippen MR) is 100 cm³/mol. The molecular weight excluding hydrogens is 344 g/mol. The molecule has 0 bridgehead atoms. The normalized spacial score (nSPS) is 12.3.